The lowest BCUT2D eigenvalue weighted by molar-refractivity contribution is 0.172. The molecule has 4 heteroatoms. The van der Waals surface area contributed by atoms with Gasteiger partial charge in [0.25, 0.3) is 0 Å². The Balaban J connectivity index is 2.46. The van der Waals surface area contributed by atoms with Crippen LogP contribution in [0.4, 0.5) is 0 Å². The normalized spacial score (nSPS) is 13.2. The molecule has 1 aromatic heterocycles. The molecule has 2 N–H and O–H groups in total. The van der Waals surface area contributed by atoms with Gasteiger partial charge in [-0.25, -0.2) is 0 Å². The number of aromatic nitrogens is 2. The third-order valence-electron chi connectivity index (χ3n) is 1.72. The molecule has 0 amide bonds. The molecule has 0 fully saturated rings. The van der Waals surface area contributed by atoms with E-state index in [0.717, 1.165) is 5.69 Å². The van der Waals surface area contributed by atoms with Crippen molar-refractivity contribution in [3.8, 4) is 0 Å². The van der Waals surface area contributed by atoms with Crippen molar-refractivity contribution in [2.75, 3.05) is 13.7 Å². The summed E-state index contributed by atoms with van der Waals surface area (Å²) in [5.41, 5.74) is 6.88. The third kappa shape index (κ3) is 2.32. The topological polar surface area (TPSA) is 53.1 Å². The molecule has 0 aromatic carbocycles. The van der Waals surface area contributed by atoms with E-state index in [0.29, 0.717) is 13.2 Å². The molecular weight excluding hydrogens is 154 g/mol. The molecule has 0 radical (unpaired) electrons. The fourth-order valence-electron chi connectivity index (χ4n) is 1.08. The Kier molecular flexibility index (Phi) is 3.25. The molecule has 1 heterocycles. The van der Waals surface area contributed by atoms with E-state index in [1.807, 2.05) is 17.7 Å². The zero-order chi connectivity index (χ0) is 8.97. The number of hydrogen-bond acceptors (Lipinski definition) is 3. The number of methoxy groups -OCH3 is 1. The number of hydrogen-bond donors (Lipinski definition) is 1. The SMILES string of the molecule is COCC(N)Cn1nccc1C. The van der Waals surface area contributed by atoms with Crippen LogP contribution >= 0.6 is 0 Å². The summed E-state index contributed by atoms with van der Waals surface area (Å²) in [5.74, 6) is 0. The fourth-order valence-corrected chi connectivity index (χ4v) is 1.08. The first-order valence-corrected chi connectivity index (χ1v) is 3.97. The summed E-state index contributed by atoms with van der Waals surface area (Å²) in [7, 11) is 1.65. The van der Waals surface area contributed by atoms with E-state index in [4.69, 9.17) is 10.5 Å². The number of ether oxygens (including phenoxy) is 1. The molecule has 0 aliphatic carbocycles. The standard InChI is InChI=1S/C8H15N3O/c1-7-3-4-10-11(7)5-8(9)6-12-2/h3-4,8H,5-6,9H2,1-2H3. The van der Waals surface area contributed by atoms with Gasteiger partial charge >= 0.3 is 0 Å². The number of rotatable bonds is 4. The summed E-state index contributed by atoms with van der Waals surface area (Å²) >= 11 is 0. The maximum atomic E-state index is 5.76. The molecule has 12 heavy (non-hydrogen) atoms. The van der Waals surface area contributed by atoms with Crippen molar-refractivity contribution in [2.45, 2.75) is 19.5 Å². The van der Waals surface area contributed by atoms with Crippen molar-refractivity contribution in [2.24, 2.45) is 5.73 Å². The summed E-state index contributed by atoms with van der Waals surface area (Å²) in [6, 6.07) is 1.98. The van der Waals surface area contributed by atoms with Gasteiger partial charge in [-0.2, -0.15) is 5.10 Å². The zero-order valence-corrected chi connectivity index (χ0v) is 7.53. The lowest BCUT2D eigenvalue weighted by atomic mass is 10.3. The van der Waals surface area contributed by atoms with Crippen LogP contribution < -0.4 is 5.73 Å². The largest absolute Gasteiger partial charge is 0.383 e. The Hall–Kier alpha value is -0.870. The summed E-state index contributed by atoms with van der Waals surface area (Å²) in [4.78, 5) is 0. The van der Waals surface area contributed by atoms with Crippen LogP contribution in [0, 0.1) is 6.92 Å². The predicted octanol–water partition coefficient (Wildman–Crippen LogP) is 0.165. The van der Waals surface area contributed by atoms with Gasteiger partial charge in [0.2, 0.25) is 0 Å². The van der Waals surface area contributed by atoms with E-state index >= 15 is 0 Å². The summed E-state index contributed by atoms with van der Waals surface area (Å²) in [5, 5.41) is 4.12. The molecule has 0 aliphatic rings. The molecule has 1 atom stereocenters. The second kappa shape index (κ2) is 4.23. The van der Waals surface area contributed by atoms with E-state index in [2.05, 4.69) is 5.10 Å². The van der Waals surface area contributed by atoms with Gasteiger partial charge in [-0.15, -0.1) is 0 Å². The van der Waals surface area contributed by atoms with Gasteiger partial charge in [0.05, 0.1) is 13.2 Å². The van der Waals surface area contributed by atoms with Crippen molar-refractivity contribution in [1.82, 2.24) is 9.78 Å². The minimum Gasteiger partial charge on any atom is -0.383 e. The summed E-state index contributed by atoms with van der Waals surface area (Å²) in [6.45, 7) is 3.29. The smallest absolute Gasteiger partial charge is 0.0631 e. The lowest BCUT2D eigenvalue weighted by Crippen LogP contribution is -2.31. The molecule has 1 unspecified atom stereocenters. The van der Waals surface area contributed by atoms with E-state index < -0.39 is 0 Å². The highest BCUT2D eigenvalue weighted by Gasteiger charge is 2.04. The van der Waals surface area contributed by atoms with Crippen molar-refractivity contribution >= 4 is 0 Å². The second-order valence-electron chi connectivity index (χ2n) is 2.87. The molecule has 0 saturated carbocycles. The highest BCUT2D eigenvalue weighted by molar-refractivity contribution is 4.96. The highest BCUT2D eigenvalue weighted by atomic mass is 16.5. The summed E-state index contributed by atoms with van der Waals surface area (Å²) < 4.78 is 6.80. The minimum atomic E-state index is 0.0219. The number of aryl methyl sites for hydroxylation is 1. The lowest BCUT2D eigenvalue weighted by Gasteiger charge is -2.11. The number of nitrogens with zero attached hydrogens (tertiary/aromatic N) is 2. The first-order chi connectivity index (χ1) is 5.74. The Morgan fingerprint density at radius 1 is 1.75 bits per heavy atom. The Morgan fingerprint density at radius 2 is 2.50 bits per heavy atom. The van der Waals surface area contributed by atoms with Crippen LogP contribution in [0.25, 0.3) is 0 Å². The first kappa shape index (κ1) is 9.22. The van der Waals surface area contributed by atoms with Crippen molar-refractivity contribution in [3.63, 3.8) is 0 Å². The van der Waals surface area contributed by atoms with Gasteiger partial charge in [-0.1, -0.05) is 0 Å². The molecule has 0 spiro atoms. The monoisotopic (exact) mass is 169 g/mol. The van der Waals surface area contributed by atoms with Crippen LogP contribution in [0.2, 0.25) is 0 Å². The van der Waals surface area contributed by atoms with Gasteiger partial charge < -0.3 is 10.5 Å². The number of nitrogens with two attached hydrogens (primary N) is 1. The molecule has 1 rings (SSSR count). The zero-order valence-electron chi connectivity index (χ0n) is 7.53. The average molecular weight is 169 g/mol. The molecular formula is C8H15N3O. The van der Waals surface area contributed by atoms with Crippen LogP contribution in [0.15, 0.2) is 12.3 Å². The van der Waals surface area contributed by atoms with Crippen LogP contribution in [0.3, 0.4) is 0 Å². The first-order valence-electron chi connectivity index (χ1n) is 3.97. The molecule has 0 aliphatic heterocycles. The van der Waals surface area contributed by atoms with Crippen molar-refractivity contribution < 1.29 is 4.74 Å². The maximum absolute atomic E-state index is 5.76. The average Bonchev–Trinajstić information content (AvgIpc) is 2.37. The van der Waals surface area contributed by atoms with Gasteiger partial charge in [-0.3, -0.25) is 4.68 Å². The van der Waals surface area contributed by atoms with Gasteiger partial charge in [0.15, 0.2) is 0 Å². The highest BCUT2D eigenvalue weighted by Crippen LogP contribution is 1.96. The van der Waals surface area contributed by atoms with Crippen LogP contribution in [-0.2, 0) is 11.3 Å². The van der Waals surface area contributed by atoms with Crippen LogP contribution in [0.5, 0.6) is 0 Å². The third-order valence-corrected chi connectivity index (χ3v) is 1.72. The van der Waals surface area contributed by atoms with E-state index in [1.165, 1.54) is 0 Å². The van der Waals surface area contributed by atoms with Crippen molar-refractivity contribution in [3.05, 3.63) is 18.0 Å². The predicted molar refractivity (Wildman–Crippen MR) is 46.8 cm³/mol. The second-order valence-corrected chi connectivity index (χ2v) is 2.87. The molecule has 68 valence electrons. The Bertz CT molecular complexity index is 234. The van der Waals surface area contributed by atoms with E-state index in [-0.39, 0.29) is 6.04 Å². The molecule has 0 saturated heterocycles. The van der Waals surface area contributed by atoms with Gasteiger partial charge in [0.1, 0.15) is 0 Å². The molecule has 0 bridgehead atoms. The molecule has 1 aromatic rings. The van der Waals surface area contributed by atoms with E-state index in [9.17, 15) is 0 Å². The quantitative estimate of drug-likeness (QED) is 0.698. The van der Waals surface area contributed by atoms with Gasteiger partial charge in [0, 0.05) is 25.0 Å². The van der Waals surface area contributed by atoms with Crippen molar-refractivity contribution in [1.29, 1.82) is 0 Å². The Morgan fingerprint density at radius 3 is 3.00 bits per heavy atom. The fraction of sp³-hybridized carbons (Fsp3) is 0.625. The minimum absolute atomic E-state index is 0.0219. The van der Waals surface area contributed by atoms with Gasteiger partial charge in [-0.05, 0) is 13.0 Å². The molecule has 4 nitrogen and oxygen atoms in total. The van der Waals surface area contributed by atoms with E-state index in [1.54, 1.807) is 13.3 Å². The summed E-state index contributed by atoms with van der Waals surface area (Å²) in [6.07, 6.45) is 1.77. The Labute approximate surface area is 72.3 Å². The van der Waals surface area contributed by atoms with Crippen LogP contribution in [-0.4, -0.2) is 29.5 Å². The van der Waals surface area contributed by atoms with Crippen LogP contribution in [0.1, 0.15) is 5.69 Å². The maximum Gasteiger partial charge on any atom is 0.0631 e.